The molecule has 0 radical (unpaired) electrons. The molecule has 19 heavy (non-hydrogen) atoms. The van der Waals surface area contributed by atoms with Crippen LogP contribution in [0.3, 0.4) is 0 Å². The van der Waals surface area contributed by atoms with E-state index in [2.05, 4.69) is 31.3 Å². The molecule has 0 spiro atoms. The highest BCUT2D eigenvalue weighted by atomic mass is 16.5. The quantitative estimate of drug-likeness (QED) is 0.818. The van der Waals surface area contributed by atoms with Gasteiger partial charge in [-0.1, -0.05) is 26.0 Å². The SMILES string of the molecule is CCC(C)c1ccc(OCCC(=O)NC2CC2)cc1. The molecule has 1 aliphatic carbocycles. The summed E-state index contributed by atoms with van der Waals surface area (Å²) in [6.07, 6.45) is 3.83. The Morgan fingerprint density at radius 3 is 2.63 bits per heavy atom. The monoisotopic (exact) mass is 261 g/mol. The second-order valence-corrected chi connectivity index (χ2v) is 5.32. The van der Waals surface area contributed by atoms with E-state index in [4.69, 9.17) is 4.74 Å². The number of carbonyl (C=O) groups is 1. The summed E-state index contributed by atoms with van der Waals surface area (Å²) in [5.74, 6) is 1.52. The van der Waals surface area contributed by atoms with Crippen LogP contribution in [0.5, 0.6) is 5.75 Å². The van der Waals surface area contributed by atoms with Crippen molar-refractivity contribution < 1.29 is 9.53 Å². The molecule has 1 saturated carbocycles. The van der Waals surface area contributed by atoms with Gasteiger partial charge in [0.25, 0.3) is 0 Å². The first kappa shape index (κ1) is 13.9. The summed E-state index contributed by atoms with van der Waals surface area (Å²) in [6.45, 7) is 4.85. The standard InChI is InChI=1S/C16H23NO2/c1-3-12(2)13-4-8-15(9-5-13)19-11-10-16(18)17-14-6-7-14/h4-5,8-9,12,14H,3,6-7,10-11H2,1-2H3,(H,17,18). The normalized spacial score (nSPS) is 15.9. The van der Waals surface area contributed by atoms with Gasteiger partial charge in [-0.15, -0.1) is 0 Å². The number of carbonyl (C=O) groups excluding carboxylic acids is 1. The molecule has 0 aliphatic heterocycles. The van der Waals surface area contributed by atoms with E-state index in [1.165, 1.54) is 5.56 Å². The van der Waals surface area contributed by atoms with Gasteiger partial charge in [-0.2, -0.15) is 0 Å². The van der Waals surface area contributed by atoms with Crippen LogP contribution in [-0.2, 0) is 4.79 Å². The van der Waals surface area contributed by atoms with Crippen LogP contribution in [0, 0.1) is 0 Å². The predicted octanol–water partition coefficient (Wildman–Crippen LogP) is 3.25. The summed E-state index contributed by atoms with van der Waals surface area (Å²) in [5, 5.41) is 2.95. The molecule has 0 saturated heterocycles. The van der Waals surface area contributed by atoms with Gasteiger partial charge in [0.1, 0.15) is 5.75 Å². The summed E-state index contributed by atoms with van der Waals surface area (Å²) in [5.41, 5.74) is 1.33. The highest BCUT2D eigenvalue weighted by Crippen LogP contribution is 2.21. The van der Waals surface area contributed by atoms with Crippen LogP contribution in [0.2, 0.25) is 0 Å². The number of rotatable bonds is 7. The third kappa shape index (κ3) is 4.58. The van der Waals surface area contributed by atoms with Crippen molar-refractivity contribution >= 4 is 5.91 Å². The van der Waals surface area contributed by atoms with Crippen LogP contribution in [0.15, 0.2) is 24.3 Å². The van der Waals surface area contributed by atoms with Crippen molar-refractivity contribution in [3.63, 3.8) is 0 Å². The first-order valence-electron chi connectivity index (χ1n) is 7.21. The number of ether oxygens (including phenoxy) is 1. The Labute approximate surface area is 115 Å². The Balaban J connectivity index is 1.71. The van der Waals surface area contributed by atoms with Crippen LogP contribution in [-0.4, -0.2) is 18.6 Å². The van der Waals surface area contributed by atoms with Crippen molar-refractivity contribution in [3.8, 4) is 5.75 Å². The largest absolute Gasteiger partial charge is 0.493 e. The number of hydrogen-bond acceptors (Lipinski definition) is 2. The van der Waals surface area contributed by atoms with E-state index in [1.807, 2.05) is 12.1 Å². The fourth-order valence-corrected chi connectivity index (χ4v) is 1.92. The summed E-state index contributed by atoms with van der Waals surface area (Å²) < 4.78 is 5.59. The van der Waals surface area contributed by atoms with Crippen molar-refractivity contribution in [3.05, 3.63) is 29.8 Å². The summed E-state index contributed by atoms with van der Waals surface area (Å²) in [4.78, 5) is 11.5. The highest BCUT2D eigenvalue weighted by molar-refractivity contribution is 5.76. The predicted molar refractivity (Wildman–Crippen MR) is 76.4 cm³/mol. The van der Waals surface area contributed by atoms with Crippen LogP contribution < -0.4 is 10.1 Å². The van der Waals surface area contributed by atoms with Gasteiger partial charge >= 0.3 is 0 Å². The third-order valence-corrected chi connectivity index (χ3v) is 3.60. The smallest absolute Gasteiger partial charge is 0.223 e. The van der Waals surface area contributed by atoms with Gasteiger partial charge < -0.3 is 10.1 Å². The number of amides is 1. The van der Waals surface area contributed by atoms with Crippen molar-refractivity contribution in [2.75, 3.05) is 6.61 Å². The minimum absolute atomic E-state index is 0.0960. The molecule has 1 aliphatic rings. The molecule has 3 heteroatoms. The zero-order valence-corrected chi connectivity index (χ0v) is 11.8. The van der Waals surface area contributed by atoms with Crippen molar-refractivity contribution in [1.82, 2.24) is 5.32 Å². The maximum absolute atomic E-state index is 11.5. The van der Waals surface area contributed by atoms with E-state index >= 15 is 0 Å². The molecule has 3 nitrogen and oxygen atoms in total. The average molecular weight is 261 g/mol. The van der Waals surface area contributed by atoms with E-state index < -0.39 is 0 Å². The Bertz CT molecular complexity index is 409. The lowest BCUT2D eigenvalue weighted by molar-refractivity contribution is -0.121. The average Bonchev–Trinajstić information content (AvgIpc) is 3.22. The summed E-state index contributed by atoms with van der Waals surface area (Å²) in [6, 6.07) is 8.62. The first-order chi connectivity index (χ1) is 9.19. The first-order valence-corrected chi connectivity index (χ1v) is 7.21. The Morgan fingerprint density at radius 2 is 2.05 bits per heavy atom. The maximum atomic E-state index is 11.5. The molecular formula is C16H23NO2. The molecule has 1 aromatic carbocycles. The maximum Gasteiger partial charge on any atom is 0.223 e. The van der Waals surface area contributed by atoms with Gasteiger partial charge in [-0.05, 0) is 42.9 Å². The Kier molecular flexibility index (Phi) is 4.83. The van der Waals surface area contributed by atoms with Crippen molar-refractivity contribution in [2.45, 2.75) is 51.5 Å². The van der Waals surface area contributed by atoms with Crippen LogP contribution in [0.1, 0.15) is 51.0 Å². The molecule has 0 aromatic heterocycles. The molecule has 2 rings (SSSR count). The van der Waals surface area contributed by atoms with Gasteiger partial charge in [0.15, 0.2) is 0 Å². The van der Waals surface area contributed by atoms with Crippen molar-refractivity contribution in [1.29, 1.82) is 0 Å². The number of benzene rings is 1. The molecule has 1 atom stereocenters. The lowest BCUT2D eigenvalue weighted by atomic mass is 9.99. The molecule has 0 bridgehead atoms. The number of nitrogens with one attached hydrogen (secondary N) is 1. The zero-order valence-electron chi connectivity index (χ0n) is 11.8. The van der Waals surface area contributed by atoms with E-state index in [1.54, 1.807) is 0 Å². The van der Waals surface area contributed by atoms with Gasteiger partial charge in [-0.25, -0.2) is 0 Å². The van der Waals surface area contributed by atoms with Gasteiger partial charge in [-0.3, -0.25) is 4.79 Å². The van der Waals surface area contributed by atoms with Crippen LogP contribution in [0.25, 0.3) is 0 Å². The Morgan fingerprint density at radius 1 is 1.37 bits per heavy atom. The van der Waals surface area contributed by atoms with Crippen molar-refractivity contribution in [2.24, 2.45) is 0 Å². The van der Waals surface area contributed by atoms with E-state index in [0.29, 0.717) is 25.0 Å². The second kappa shape index (κ2) is 6.60. The molecule has 1 fully saturated rings. The topological polar surface area (TPSA) is 38.3 Å². The molecule has 1 unspecified atom stereocenters. The van der Waals surface area contributed by atoms with Gasteiger partial charge in [0.2, 0.25) is 5.91 Å². The molecule has 1 aromatic rings. The number of hydrogen-bond donors (Lipinski definition) is 1. The second-order valence-electron chi connectivity index (χ2n) is 5.32. The van der Waals surface area contributed by atoms with Crippen LogP contribution in [0.4, 0.5) is 0 Å². The zero-order chi connectivity index (χ0) is 13.7. The minimum Gasteiger partial charge on any atom is -0.493 e. The van der Waals surface area contributed by atoms with E-state index in [0.717, 1.165) is 25.0 Å². The van der Waals surface area contributed by atoms with Gasteiger partial charge in [0, 0.05) is 6.04 Å². The summed E-state index contributed by atoms with van der Waals surface area (Å²) >= 11 is 0. The Hall–Kier alpha value is -1.51. The molecular weight excluding hydrogens is 238 g/mol. The highest BCUT2D eigenvalue weighted by Gasteiger charge is 2.22. The fraction of sp³-hybridized carbons (Fsp3) is 0.562. The lowest BCUT2D eigenvalue weighted by Crippen LogP contribution is -2.26. The van der Waals surface area contributed by atoms with E-state index in [-0.39, 0.29) is 5.91 Å². The molecule has 104 valence electrons. The van der Waals surface area contributed by atoms with Gasteiger partial charge in [0.05, 0.1) is 13.0 Å². The molecule has 0 heterocycles. The third-order valence-electron chi connectivity index (χ3n) is 3.60. The molecule has 1 N–H and O–H groups in total. The van der Waals surface area contributed by atoms with Crippen LogP contribution >= 0.6 is 0 Å². The minimum atomic E-state index is 0.0960. The molecule has 1 amide bonds. The lowest BCUT2D eigenvalue weighted by Gasteiger charge is -2.10. The fourth-order valence-electron chi connectivity index (χ4n) is 1.92. The summed E-state index contributed by atoms with van der Waals surface area (Å²) in [7, 11) is 0. The van der Waals surface area contributed by atoms with E-state index in [9.17, 15) is 4.79 Å².